The third-order valence-electron chi connectivity index (χ3n) is 4.36. The fourth-order valence-electron chi connectivity index (χ4n) is 2.94. The van der Waals surface area contributed by atoms with Gasteiger partial charge in [-0.05, 0) is 48.9 Å². The van der Waals surface area contributed by atoms with Crippen molar-refractivity contribution in [1.29, 1.82) is 0 Å². The lowest BCUT2D eigenvalue weighted by Gasteiger charge is -2.07. The van der Waals surface area contributed by atoms with Crippen LogP contribution in [0.25, 0.3) is 22.8 Å². The molecule has 4 rings (SSSR count). The first kappa shape index (κ1) is 17.8. The van der Waals surface area contributed by atoms with E-state index in [1.54, 1.807) is 7.11 Å². The number of hydrogen-bond acceptors (Lipinski definition) is 5. The molecule has 0 saturated heterocycles. The summed E-state index contributed by atoms with van der Waals surface area (Å²) in [6.45, 7) is 2.60. The smallest absolute Gasteiger partial charge is 0.262 e. The Hall–Kier alpha value is -3.60. The molecule has 0 atom stereocenters. The molecule has 1 heterocycles. The van der Waals surface area contributed by atoms with E-state index in [1.807, 2.05) is 54.6 Å². The van der Waals surface area contributed by atoms with Crippen molar-refractivity contribution in [3.8, 4) is 34.3 Å². The summed E-state index contributed by atoms with van der Waals surface area (Å²) in [7, 11) is 1.62. The Labute approximate surface area is 163 Å². The first-order chi connectivity index (χ1) is 13.7. The molecule has 0 bridgehead atoms. The lowest BCUT2D eigenvalue weighted by Crippen LogP contribution is -1.95. The number of hydrogen-bond donors (Lipinski definition) is 0. The molecule has 0 unspecified atom stereocenters. The van der Waals surface area contributed by atoms with Gasteiger partial charge in [0.25, 0.3) is 5.89 Å². The van der Waals surface area contributed by atoms with Gasteiger partial charge in [0, 0.05) is 5.56 Å². The molecule has 0 radical (unpaired) electrons. The fourth-order valence-corrected chi connectivity index (χ4v) is 2.94. The zero-order chi connectivity index (χ0) is 19.3. The van der Waals surface area contributed by atoms with Crippen LogP contribution in [-0.4, -0.2) is 17.3 Å². The van der Waals surface area contributed by atoms with Gasteiger partial charge in [-0.1, -0.05) is 47.1 Å². The first-order valence-corrected chi connectivity index (χ1v) is 8.99. The molecule has 0 amide bonds. The lowest BCUT2D eigenvalue weighted by molar-refractivity contribution is 0.306. The predicted octanol–water partition coefficient (Wildman–Crippen LogP) is 5.30. The zero-order valence-electron chi connectivity index (χ0n) is 15.8. The molecular weight excluding hydrogens is 352 g/mol. The second-order valence-electron chi connectivity index (χ2n) is 6.43. The SMILES string of the molecule is COc1ccccc1-c1nc(-c2ccc(OCc3cccc(C)c3)cc2)no1. The summed E-state index contributed by atoms with van der Waals surface area (Å²) in [5, 5.41) is 4.09. The minimum absolute atomic E-state index is 0.423. The highest BCUT2D eigenvalue weighted by Crippen LogP contribution is 2.30. The second kappa shape index (κ2) is 7.96. The highest BCUT2D eigenvalue weighted by atomic mass is 16.5. The number of aromatic nitrogens is 2. The van der Waals surface area contributed by atoms with E-state index in [2.05, 4.69) is 35.3 Å². The Balaban J connectivity index is 1.48. The zero-order valence-corrected chi connectivity index (χ0v) is 15.8. The molecule has 0 spiro atoms. The molecule has 4 aromatic rings. The van der Waals surface area contributed by atoms with Crippen molar-refractivity contribution in [3.05, 3.63) is 83.9 Å². The minimum Gasteiger partial charge on any atom is -0.496 e. The molecule has 1 aromatic heterocycles. The lowest BCUT2D eigenvalue weighted by atomic mass is 10.1. The normalized spacial score (nSPS) is 10.6. The molecule has 0 N–H and O–H groups in total. The monoisotopic (exact) mass is 372 g/mol. The van der Waals surface area contributed by atoms with E-state index in [1.165, 1.54) is 5.56 Å². The van der Waals surface area contributed by atoms with E-state index < -0.39 is 0 Å². The molecule has 140 valence electrons. The van der Waals surface area contributed by atoms with Crippen LogP contribution in [-0.2, 0) is 6.61 Å². The van der Waals surface area contributed by atoms with Crippen molar-refractivity contribution in [1.82, 2.24) is 10.1 Å². The van der Waals surface area contributed by atoms with Gasteiger partial charge in [0.15, 0.2) is 0 Å². The van der Waals surface area contributed by atoms with Crippen LogP contribution in [0.2, 0.25) is 0 Å². The predicted molar refractivity (Wildman–Crippen MR) is 107 cm³/mol. The Morgan fingerprint density at radius 1 is 0.929 bits per heavy atom. The number of aryl methyl sites for hydroxylation is 1. The number of rotatable bonds is 6. The third-order valence-corrected chi connectivity index (χ3v) is 4.36. The van der Waals surface area contributed by atoms with E-state index in [0.717, 1.165) is 22.4 Å². The van der Waals surface area contributed by atoms with Crippen molar-refractivity contribution in [3.63, 3.8) is 0 Å². The van der Waals surface area contributed by atoms with Gasteiger partial charge in [-0.2, -0.15) is 4.98 Å². The van der Waals surface area contributed by atoms with Gasteiger partial charge in [-0.25, -0.2) is 0 Å². The van der Waals surface area contributed by atoms with Crippen LogP contribution in [0.3, 0.4) is 0 Å². The Morgan fingerprint density at radius 3 is 2.54 bits per heavy atom. The van der Waals surface area contributed by atoms with Gasteiger partial charge in [0.05, 0.1) is 12.7 Å². The van der Waals surface area contributed by atoms with Gasteiger partial charge in [0.1, 0.15) is 18.1 Å². The minimum atomic E-state index is 0.423. The summed E-state index contributed by atoms with van der Waals surface area (Å²) >= 11 is 0. The molecule has 28 heavy (non-hydrogen) atoms. The van der Waals surface area contributed by atoms with Crippen LogP contribution in [0, 0.1) is 6.92 Å². The highest BCUT2D eigenvalue weighted by Gasteiger charge is 2.14. The molecular formula is C23H20N2O3. The molecule has 0 fully saturated rings. The van der Waals surface area contributed by atoms with Crippen LogP contribution < -0.4 is 9.47 Å². The molecule has 5 nitrogen and oxygen atoms in total. The summed E-state index contributed by atoms with van der Waals surface area (Å²) < 4.78 is 16.6. The molecule has 0 aliphatic heterocycles. The second-order valence-corrected chi connectivity index (χ2v) is 6.43. The van der Waals surface area contributed by atoms with Crippen molar-refractivity contribution in [2.75, 3.05) is 7.11 Å². The van der Waals surface area contributed by atoms with E-state index in [-0.39, 0.29) is 0 Å². The first-order valence-electron chi connectivity index (χ1n) is 8.99. The fraction of sp³-hybridized carbons (Fsp3) is 0.130. The number of nitrogens with zero attached hydrogens (tertiary/aromatic N) is 2. The number of methoxy groups -OCH3 is 1. The average Bonchev–Trinajstić information content (AvgIpc) is 3.23. The molecule has 0 aliphatic rings. The van der Waals surface area contributed by atoms with Crippen LogP contribution in [0.5, 0.6) is 11.5 Å². The van der Waals surface area contributed by atoms with Crippen molar-refractivity contribution in [2.45, 2.75) is 13.5 Å². The maximum absolute atomic E-state index is 5.86. The summed E-state index contributed by atoms with van der Waals surface area (Å²) in [6.07, 6.45) is 0. The largest absolute Gasteiger partial charge is 0.496 e. The standard InChI is InChI=1S/C23H20N2O3/c1-16-6-5-7-17(14-16)15-27-19-12-10-18(11-13-19)22-24-23(28-25-22)20-8-3-4-9-21(20)26-2/h3-14H,15H2,1-2H3. The maximum Gasteiger partial charge on any atom is 0.262 e. The summed E-state index contributed by atoms with van der Waals surface area (Å²) in [4.78, 5) is 4.49. The maximum atomic E-state index is 5.86. The Morgan fingerprint density at radius 2 is 1.75 bits per heavy atom. The van der Waals surface area contributed by atoms with Crippen molar-refractivity contribution >= 4 is 0 Å². The van der Waals surface area contributed by atoms with Gasteiger partial charge < -0.3 is 14.0 Å². The van der Waals surface area contributed by atoms with Crippen LogP contribution in [0.1, 0.15) is 11.1 Å². The van der Waals surface area contributed by atoms with E-state index in [4.69, 9.17) is 14.0 Å². The molecule has 5 heteroatoms. The van der Waals surface area contributed by atoms with Crippen molar-refractivity contribution in [2.24, 2.45) is 0 Å². The Kier molecular flexibility index (Phi) is 5.06. The van der Waals surface area contributed by atoms with Gasteiger partial charge in [-0.15, -0.1) is 0 Å². The van der Waals surface area contributed by atoms with Crippen molar-refractivity contribution < 1.29 is 14.0 Å². The number of para-hydroxylation sites is 1. The number of ether oxygens (including phenoxy) is 2. The summed E-state index contributed by atoms with van der Waals surface area (Å²) in [6, 6.07) is 23.5. The molecule has 0 aliphatic carbocycles. The van der Waals surface area contributed by atoms with E-state index in [9.17, 15) is 0 Å². The topological polar surface area (TPSA) is 57.4 Å². The molecule has 0 saturated carbocycles. The number of benzene rings is 3. The van der Waals surface area contributed by atoms with Gasteiger partial charge in [-0.3, -0.25) is 0 Å². The van der Waals surface area contributed by atoms with Crippen LogP contribution >= 0.6 is 0 Å². The Bertz CT molecular complexity index is 1070. The van der Waals surface area contributed by atoms with Gasteiger partial charge >= 0.3 is 0 Å². The van der Waals surface area contributed by atoms with Crippen LogP contribution in [0.15, 0.2) is 77.3 Å². The summed E-state index contributed by atoms with van der Waals surface area (Å²) in [5.41, 5.74) is 3.98. The van der Waals surface area contributed by atoms with Gasteiger partial charge in [0.2, 0.25) is 5.82 Å². The average molecular weight is 372 g/mol. The highest BCUT2D eigenvalue weighted by molar-refractivity contribution is 5.65. The van der Waals surface area contributed by atoms with Crippen LogP contribution in [0.4, 0.5) is 0 Å². The third kappa shape index (κ3) is 3.88. The van der Waals surface area contributed by atoms with E-state index in [0.29, 0.717) is 24.1 Å². The molecule has 3 aromatic carbocycles. The van der Waals surface area contributed by atoms with E-state index >= 15 is 0 Å². The quantitative estimate of drug-likeness (QED) is 0.460. The summed E-state index contributed by atoms with van der Waals surface area (Å²) in [5.74, 6) is 2.43.